The Hall–Kier alpha value is -0.340. The van der Waals surface area contributed by atoms with Crippen molar-refractivity contribution in [3.05, 3.63) is 12.2 Å². The third-order valence-corrected chi connectivity index (χ3v) is 2.14. The molecular weight excluding hydrogens is 188 g/mol. The highest BCUT2D eigenvalue weighted by atomic mass is 16.6. The average Bonchev–Trinajstić information content (AvgIpc) is 1.97. The van der Waals surface area contributed by atoms with Gasteiger partial charge in [0.2, 0.25) is 0 Å². The van der Waals surface area contributed by atoms with Crippen molar-refractivity contribution in [1.82, 2.24) is 0 Å². The molecule has 0 heterocycles. The minimum Gasteiger partial charge on any atom is -0.366 e. The first-order valence-corrected chi connectivity index (χ1v) is 5.73. The molecule has 15 heavy (non-hydrogen) atoms. The van der Waals surface area contributed by atoms with Crippen molar-refractivity contribution in [2.45, 2.75) is 53.2 Å². The quantitative estimate of drug-likeness (QED) is 0.520. The minimum atomic E-state index is -1.05. The van der Waals surface area contributed by atoms with Gasteiger partial charge in [0.15, 0.2) is 5.79 Å². The van der Waals surface area contributed by atoms with Gasteiger partial charge in [-0.25, -0.2) is 0 Å². The Bertz CT molecular complexity index is 189. The van der Waals surface area contributed by atoms with Gasteiger partial charge in [-0.05, 0) is 38.5 Å². The molecule has 2 nitrogen and oxygen atoms in total. The molecule has 0 aliphatic carbocycles. The molecule has 0 spiro atoms. The summed E-state index contributed by atoms with van der Waals surface area (Å²) in [6.07, 6.45) is 2.19. The number of hydrogen-bond acceptors (Lipinski definition) is 2. The van der Waals surface area contributed by atoms with E-state index in [1.165, 1.54) is 6.42 Å². The van der Waals surface area contributed by atoms with Gasteiger partial charge in [-0.2, -0.15) is 0 Å². The molecule has 0 rings (SSSR count). The summed E-state index contributed by atoms with van der Waals surface area (Å²) >= 11 is 0. The Morgan fingerprint density at radius 1 is 1.33 bits per heavy atom. The summed E-state index contributed by atoms with van der Waals surface area (Å²) in [5.41, 5.74) is 1.06. The molecule has 0 saturated heterocycles. The van der Waals surface area contributed by atoms with Crippen molar-refractivity contribution in [1.29, 1.82) is 0 Å². The molecule has 0 aliphatic heterocycles. The number of ether oxygens (including phenoxy) is 1. The average molecular weight is 214 g/mol. The maximum absolute atomic E-state index is 9.38. The summed E-state index contributed by atoms with van der Waals surface area (Å²) in [4.78, 5) is 0. The Morgan fingerprint density at radius 2 is 1.87 bits per heavy atom. The van der Waals surface area contributed by atoms with E-state index in [1.807, 2.05) is 0 Å². The number of rotatable bonds is 7. The smallest absolute Gasteiger partial charge is 0.160 e. The fraction of sp³-hybridized carbons (Fsp3) is 0.846. The monoisotopic (exact) mass is 214 g/mol. The molecule has 1 N–H and O–H groups in total. The summed E-state index contributed by atoms with van der Waals surface area (Å²) in [7, 11) is 0. The van der Waals surface area contributed by atoms with Crippen LogP contribution in [0.5, 0.6) is 0 Å². The van der Waals surface area contributed by atoms with Crippen LogP contribution in [-0.4, -0.2) is 17.5 Å². The van der Waals surface area contributed by atoms with Crippen molar-refractivity contribution in [2.24, 2.45) is 11.8 Å². The molecule has 0 saturated carbocycles. The number of aliphatic hydroxyl groups is 1. The van der Waals surface area contributed by atoms with Gasteiger partial charge in [-0.1, -0.05) is 32.9 Å². The lowest BCUT2D eigenvalue weighted by atomic mass is 9.93. The molecule has 1 unspecified atom stereocenters. The van der Waals surface area contributed by atoms with E-state index in [2.05, 4.69) is 27.4 Å². The van der Waals surface area contributed by atoms with Crippen LogP contribution >= 0.6 is 0 Å². The Labute approximate surface area is 94.3 Å². The SMILES string of the molecule is C=C(COC(C)(C)O)CC(C)CC(C)C. The molecule has 0 radical (unpaired) electrons. The second kappa shape index (κ2) is 6.29. The highest BCUT2D eigenvalue weighted by Gasteiger charge is 2.14. The molecule has 0 fully saturated rings. The van der Waals surface area contributed by atoms with Crippen molar-refractivity contribution < 1.29 is 9.84 Å². The Kier molecular flexibility index (Phi) is 6.15. The maximum Gasteiger partial charge on any atom is 0.160 e. The fourth-order valence-corrected chi connectivity index (χ4v) is 1.72. The zero-order chi connectivity index (χ0) is 12.1. The van der Waals surface area contributed by atoms with E-state index in [4.69, 9.17) is 4.74 Å². The molecule has 0 bridgehead atoms. The highest BCUT2D eigenvalue weighted by molar-refractivity contribution is 4.95. The zero-order valence-corrected chi connectivity index (χ0v) is 10.8. The zero-order valence-electron chi connectivity index (χ0n) is 10.8. The van der Waals surface area contributed by atoms with E-state index in [0.717, 1.165) is 17.9 Å². The third kappa shape index (κ3) is 9.95. The van der Waals surface area contributed by atoms with Gasteiger partial charge < -0.3 is 9.84 Å². The first-order valence-electron chi connectivity index (χ1n) is 5.73. The van der Waals surface area contributed by atoms with Crippen LogP contribution < -0.4 is 0 Å². The number of hydrogen-bond donors (Lipinski definition) is 1. The molecule has 0 amide bonds. The first-order chi connectivity index (χ1) is 6.70. The normalized spacial score (nSPS) is 14.3. The van der Waals surface area contributed by atoms with Gasteiger partial charge in [0.25, 0.3) is 0 Å². The standard InChI is InChI=1S/C13H26O2/c1-10(2)7-11(3)8-12(4)9-15-13(5,6)14/h10-11,14H,4,7-9H2,1-3,5-6H3. The second-order valence-corrected chi connectivity index (χ2v) is 5.42. The van der Waals surface area contributed by atoms with Gasteiger partial charge in [0, 0.05) is 0 Å². The van der Waals surface area contributed by atoms with Gasteiger partial charge >= 0.3 is 0 Å². The van der Waals surface area contributed by atoms with Crippen molar-refractivity contribution in [2.75, 3.05) is 6.61 Å². The molecule has 0 aromatic carbocycles. The summed E-state index contributed by atoms with van der Waals surface area (Å²) in [6, 6.07) is 0. The molecule has 0 aromatic rings. The lowest BCUT2D eigenvalue weighted by molar-refractivity contribution is -0.169. The van der Waals surface area contributed by atoms with Crippen molar-refractivity contribution >= 4 is 0 Å². The molecule has 2 heteroatoms. The summed E-state index contributed by atoms with van der Waals surface area (Å²) in [5.74, 6) is 0.315. The van der Waals surface area contributed by atoms with E-state index >= 15 is 0 Å². The largest absolute Gasteiger partial charge is 0.366 e. The molecule has 0 aliphatic rings. The lowest BCUT2D eigenvalue weighted by Crippen LogP contribution is -2.24. The first kappa shape index (κ1) is 14.7. The second-order valence-electron chi connectivity index (χ2n) is 5.42. The van der Waals surface area contributed by atoms with Crippen molar-refractivity contribution in [3.8, 4) is 0 Å². The molecule has 90 valence electrons. The molecular formula is C13H26O2. The van der Waals surface area contributed by atoms with Crippen LogP contribution in [-0.2, 0) is 4.74 Å². The van der Waals surface area contributed by atoms with Crippen LogP contribution in [0.1, 0.15) is 47.5 Å². The predicted molar refractivity (Wildman–Crippen MR) is 64.6 cm³/mol. The van der Waals surface area contributed by atoms with Crippen LogP contribution in [0, 0.1) is 11.8 Å². The van der Waals surface area contributed by atoms with Crippen LogP contribution in [0.2, 0.25) is 0 Å². The van der Waals surface area contributed by atoms with Crippen LogP contribution in [0.15, 0.2) is 12.2 Å². The summed E-state index contributed by atoms with van der Waals surface area (Å²) < 4.78 is 5.25. The van der Waals surface area contributed by atoms with E-state index in [0.29, 0.717) is 12.5 Å². The van der Waals surface area contributed by atoms with E-state index < -0.39 is 5.79 Å². The van der Waals surface area contributed by atoms with Gasteiger partial charge in [0.05, 0.1) is 6.61 Å². The summed E-state index contributed by atoms with van der Waals surface area (Å²) in [5, 5.41) is 9.38. The predicted octanol–water partition coefficient (Wildman–Crippen LogP) is 3.36. The Morgan fingerprint density at radius 3 is 2.27 bits per heavy atom. The van der Waals surface area contributed by atoms with Crippen LogP contribution in [0.3, 0.4) is 0 Å². The fourth-order valence-electron chi connectivity index (χ4n) is 1.72. The van der Waals surface area contributed by atoms with E-state index in [1.54, 1.807) is 13.8 Å². The third-order valence-electron chi connectivity index (χ3n) is 2.14. The summed E-state index contributed by atoms with van der Waals surface area (Å²) in [6.45, 7) is 14.4. The lowest BCUT2D eigenvalue weighted by Gasteiger charge is -2.21. The molecule has 1 atom stereocenters. The van der Waals surface area contributed by atoms with Gasteiger partial charge in [-0.3, -0.25) is 0 Å². The minimum absolute atomic E-state index is 0.450. The van der Waals surface area contributed by atoms with E-state index in [9.17, 15) is 5.11 Å². The van der Waals surface area contributed by atoms with Crippen molar-refractivity contribution in [3.63, 3.8) is 0 Å². The van der Waals surface area contributed by atoms with Crippen LogP contribution in [0.4, 0.5) is 0 Å². The van der Waals surface area contributed by atoms with Crippen LogP contribution in [0.25, 0.3) is 0 Å². The highest BCUT2D eigenvalue weighted by Crippen LogP contribution is 2.19. The van der Waals surface area contributed by atoms with E-state index in [-0.39, 0.29) is 0 Å². The van der Waals surface area contributed by atoms with Gasteiger partial charge in [0.1, 0.15) is 0 Å². The topological polar surface area (TPSA) is 29.5 Å². The maximum atomic E-state index is 9.38. The molecule has 0 aromatic heterocycles. The Balaban J connectivity index is 3.74. The van der Waals surface area contributed by atoms with Gasteiger partial charge in [-0.15, -0.1) is 0 Å².